The van der Waals surface area contributed by atoms with Crippen molar-refractivity contribution in [1.82, 2.24) is 9.78 Å². The average Bonchev–Trinajstić information content (AvgIpc) is 3.27. The van der Waals surface area contributed by atoms with Crippen molar-refractivity contribution in [2.24, 2.45) is 0 Å². The van der Waals surface area contributed by atoms with Gasteiger partial charge in [-0.1, -0.05) is 41.9 Å². The van der Waals surface area contributed by atoms with Gasteiger partial charge < -0.3 is 5.32 Å². The van der Waals surface area contributed by atoms with Crippen LogP contribution in [0.1, 0.15) is 5.56 Å². The maximum Gasteiger partial charge on any atom is 0.269 e. The van der Waals surface area contributed by atoms with Crippen molar-refractivity contribution in [3.8, 4) is 23.0 Å². The third-order valence-corrected chi connectivity index (χ3v) is 5.13. The second-order valence-corrected chi connectivity index (χ2v) is 7.58. The first-order valence-corrected chi connectivity index (χ1v) is 10.4. The topological polar surface area (TPSA) is 114 Å². The molecule has 1 heterocycles. The molecule has 8 nitrogen and oxygen atoms in total. The number of para-hydroxylation sites is 1. The Labute approximate surface area is 199 Å². The molecule has 0 spiro atoms. The number of aromatic nitrogens is 2. The van der Waals surface area contributed by atoms with Crippen molar-refractivity contribution in [1.29, 1.82) is 5.26 Å². The molecule has 0 fully saturated rings. The van der Waals surface area contributed by atoms with Gasteiger partial charge in [-0.2, -0.15) is 10.4 Å². The Balaban J connectivity index is 1.70. The van der Waals surface area contributed by atoms with Gasteiger partial charge in [0.15, 0.2) is 0 Å². The number of hydrogen-bond acceptors (Lipinski definition) is 5. The minimum absolute atomic E-state index is 0.102. The summed E-state index contributed by atoms with van der Waals surface area (Å²) in [6, 6.07) is 23.8. The molecule has 0 aliphatic carbocycles. The average molecular weight is 470 g/mol. The van der Waals surface area contributed by atoms with Gasteiger partial charge in [-0.15, -0.1) is 0 Å². The largest absolute Gasteiger partial charge is 0.321 e. The van der Waals surface area contributed by atoms with E-state index < -0.39 is 10.8 Å². The normalized spacial score (nSPS) is 11.0. The Morgan fingerprint density at radius 3 is 2.35 bits per heavy atom. The maximum absolute atomic E-state index is 12.8. The predicted molar refractivity (Wildman–Crippen MR) is 129 cm³/mol. The summed E-state index contributed by atoms with van der Waals surface area (Å²) in [6.07, 6.45) is 3.19. The first-order valence-electron chi connectivity index (χ1n) is 10.0. The number of nitrogens with zero attached hydrogens (tertiary/aromatic N) is 4. The Morgan fingerprint density at radius 2 is 1.74 bits per heavy atom. The van der Waals surface area contributed by atoms with Crippen LogP contribution in [0.15, 0.2) is 90.6 Å². The fourth-order valence-corrected chi connectivity index (χ4v) is 3.33. The van der Waals surface area contributed by atoms with E-state index in [1.54, 1.807) is 35.1 Å². The van der Waals surface area contributed by atoms with E-state index in [0.29, 0.717) is 22.0 Å². The molecule has 4 rings (SSSR count). The number of halogens is 1. The summed E-state index contributed by atoms with van der Waals surface area (Å²) in [6.45, 7) is 0. The summed E-state index contributed by atoms with van der Waals surface area (Å²) < 4.78 is 1.67. The molecule has 0 unspecified atom stereocenters. The SMILES string of the molecule is N#C/C(=C\c1cn(-c2ccccc2)nc1-c1ccc(Cl)cc1)C(=O)Nc1ccc([N+](=O)[O-])cc1. The number of nitrogens with one attached hydrogen (secondary N) is 1. The first-order chi connectivity index (χ1) is 16.4. The molecule has 0 saturated heterocycles. The van der Waals surface area contributed by atoms with Crippen LogP contribution in [0.5, 0.6) is 0 Å². The number of nitro groups is 1. The summed E-state index contributed by atoms with van der Waals surface area (Å²) in [7, 11) is 0. The molecular weight excluding hydrogens is 454 g/mol. The number of anilines is 1. The Kier molecular flexibility index (Phi) is 6.48. The van der Waals surface area contributed by atoms with Gasteiger partial charge in [0.2, 0.25) is 0 Å². The molecule has 1 N–H and O–H groups in total. The number of hydrogen-bond donors (Lipinski definition) is 1. The first kappa shape index (κ1) is 22.5. The number of benzene rings is 3. The summed E-state index contributed by atoms with van der Waals surface area (Å²) >= 11 is 6.02. The van der Waals surface area contributed by atoms with Crippen LogP contribution in [0.2, 0.25) is 5.02 Å². The third kappa shape index (κ3) is 5.01. The smallest absolute Gasteiger partial charge is 0.269 e. The molecule has 1 aromatic heterocycles. The molecular formula is C25H16ClN5O3. The predicted octanol–water partition coefficient (Wildman–Crippen LogP) is 5.65. The number of nitriles is 1. The van der Waals surface area contributed by atoms with E-state index in [-0.39, 0.29) is 11.3 Å². The molecule has 4 aromatic rings. The van der Waals surface area contributed by atoms with Crippen molar-refractivity contribution in [3.63, 3.8) is 0 Å². The van der Waals surface area contributed by atoms with Crippen LogP contribution in [-0.2, 0) is 4.79 Å². The zero-order valence-corrected chi connectivity index (χ0v) is 18.3. The number of carbonyl (C=O) groups excluding carboxylic acids is 1. The number of non-ortho nitro benzene ring substituents is 1. The van der Waals surface area contributed by atoms with E-state index in [9.17, 15) is 20.2 Å². The van der Waals surface area contributed by atoms with E-state index in [1.807, 2.05) is 36.4 Å². The highest BCUT2D eigenvalue weighted by Crippen LogP contribution is 2.27. The highest BCUT2D eigenvalue weighted by molar-refractivity contribution is 6.30. The Morgan fingerprint density at radius 1 is 1.06 bits per heavy atom. The van der Waals surface area contributed by atoms with E-state index >= 15 is 0 Å². The molecule has 0 bridgehead atoms. The summed E-state index contributed by atoms with van der Waals surface area (Å²) in [5.41, 5.74) is 2.77. The zero-order chi connectivity index (χ0) is 24.1. The van der Waals surface area contributed by atoms with E-state index in [4.69, 9.17) is 11.6 Å². The quantitative estimate of drug-likeness (QED) is 0.170. The van der Waals surface area contributed by atoms with Crippen molar-refractivity contribution in [3.05, 3.63) is 111 Å². The fourth-order valence-electron chi connectivity index (χ4n) is 3.21. The van der Waals surface area contributed by atoms with Crippen LogP contribution in [0.3, 0.4) is 0 Å². The number of amides is 1. The molecule has 0 atom stereocenters. The zero-order valence-electron chi connectivity index (χ0n) is 17.6. The standard InChI is InChI=1S/C25H16ClN5O3/c26-20-8-6-17(7-9-20)24-19(16-30(29-24)22-4-2-1-3-5-22)14-18(15-27)25(32)28-21-10-12-23(13-11-21)31(33)34/h1-14,16H,(H,28,32)/b18-14+. The van der Waals surface area contributed by atoms with Gasteiger partial charge in [-0.05, 0) is 42.5 Å². The van der Waals surface area contributed by atoms with Crippen LogP contribution in [-0.4, -0.2) is 20.6 Å². The van der Waals surface area contributed by atoms with Gasteiger partial charge >= 0.3 is 0 Å². The van der Waals surface area contributed by atoms with Crippen molar-refractivity contribution in [2.75, 3.05) is 5.32 Å². The van der Waals surface area contributed by atoms with Gasteiger partial charge in [0.25, 0.3) is 11.6 Å². The highest BCUT2D eigenvalue weighted by Gasteiger charge is 2.16. The van der Waals surface area contributed by atoms with Crippen LogP contribution in [0.25, 0.3) is 23.0 Å². The molecule has 166 valence electrons. The minimum atomic E-state index is -0.647. The highest BCUT2D eigenvalue weighted by atomic mass is 35.5. The van der Waals surface area contributed by atoms with Gasteiger partial charge in [-0.3, -0.25) is 14.9 Å². The Bertz CT molecular complexity index is 1420. The molecule has 34 heavy (non-hydrogen) atoms. The van der Waals surface area contributed by atoms with Gasteiger partial charge in [0, 0.05) is 40.2 Å². The van der Waals surface area contributed by atoms with Crippen LogP contribution < -0.4 is 5.32 Å². The lowest BCUT2D eigenvalue weighted by molar-refractivity contribution is -0.384. The lowest BCUT2D eigenvalue weighted by Crippen LogP contribution is -2.13. The van der Waals surface area contributed by atoms with Gasteiger partial charge in [-0.25, -0.2) is 4.68 Å². The minimum Gasteiger partial charge on any atom is -0.321 e. The molecule has 9 heteroatoms. The molecule has 0 aliphatic rings. The molecule has 1 amide bonds. The van der Waals surface area contributed by atoms with Crippen molar-refractivity contribution >= 4 is 35.0 Å². The Hall–Kier alpha value is -4.74. The van der Waals surface area contributed by atoms with Gasteiger partial charge in [0.1, 0.15) is 11.6 Å². The number of nitro benzene ring substituents is 1. The second-order valence-electron chi connectivity index (χ2n) is 7.15. The van der Waals surface area contributed by atoms with Crippen LogP contribution >= 0.6 is 11.6 Å². The van der Waals surface area contributed by atoms with Crippen molar-refractivity contribution < 1.29 is 9.72 Å². The van der Waals surface area contributed by atoms with Crippen LogP contribution in [0, 0.1) is 21.4 Å². The lowest BCUT2D eigenvalue weighted by atomic mass is 10.1. The van der Waals surface area contributed by atoms with E-state index in [0.717, 1.165) is 11.3 Å². The molecule has 3 aromatic carbocycles. The van der Waals surface area contributed by atoms with E-state index in [2.05, 4.69) is 10.4 Å². The molecule has 0 aliphatic heterocycles. The summed E-state index contributed by atoms with van der Waals surface area (Å²) in [4.78, 5) is 23.0. The monoisotopic (exact) mass is 469 g/mol. The van der Waals surface area contributed by atoms with Crippen LogP contribution in [0.4, 0.5) is 11.4 Å². The van der Waals surface area contributed by atoms with Crippen molar-refractivity contribution in [2.45, 2.75) is 0 Å². The maximum atomic E-state index is 12.8. The third-order valence-electron chi connectivity index (χ3n) is 4.88. The molecule has 0 radical (unpaired) electrons. The number of rotatable bonds is 6. The molecule has 0 saturated carbocycles. The summed E-state index contributed by atoms with van der Waals surface area (Å²) in [5, 5.41) is 28.3. The summed E-state index contributed by atoms with van der Waals surface area (Å²) in [5.74, 6) is -0.647. The lowest BCUT2D eigenvalue weighted by Gasteiger charge is -2.04. The van der Waals surface area contributed by atoms with E-state index in [1.165, 1.54) is 30.3 Å². The second kappa shape index (κ2) is 9.81. The number of carbonyl (C=O) groups is 1. The fraction of sp³-hybridized carbons (Fsp3) is 0. The van der Waals surface area contributed by atoms with Gasteiger partial charge in [0.05, 0.1) is 16.3 Å².